The minimum Gasteiger partial charge on any atom is -0.103 e. The van der Waals surface area contributed by atoms with E-state index in [4.69, 9.17) is 0 Å². The summed E-state index contributed by atoms with van der Waals surface area (Å²) >= 11 is 0. The lowest BCUT2D eigenvalue weighted by Gasteiger charge is -2.38. The summed E-state index contributed by atoms with van der Waals surface area (Å²) in [5.74, 6) is 5.93. The molecule has 160 valence electrons. The molecule has 0 atom stereocenters. The van der Waals surface area contributed by atoms with E-state index < -0.39 is 0 Å². The summed E-state index contributed by atoms with van der Waals surface area (Å²) in [6.45, 7) is 6.31. The minimum absolute atomic E-state index is 0.797. The third kappa shape index (κ3) is 7.07. The van der Waals surface area contributed by atoms with E-state index in [0.717, 1.165) is 35.5 Å². The quantitative estimate of drug-likeness (QED) is 0.348. The molecule has 0 bridgehead atoms. The van der Waals surface area contributed by atoms with Gasteiger partial charge in [-0.15, -0.1) is 6.58 Å². The van der Waals surface area contributed by atoms with Crippen LogP contribution in [0, 0.1) is 35.5 Å². The van der Waals surface area contributed by atoms with Crippen LogP contribution in [0.15, 0.2) is 24.8 Å². The van der Waals surface area contributed by atoms with Crippen molar-refractivity contribution in [2.75, 3.05) is 0 Å². The van der Waals surface area contributed by atoms with Crippen LogP contribution in [0.2, 0.25) is 0 Å². The Hall–Kier alpha value is -0.520. The van der Waals surface area contributed by atoms with Crippen molar-refractivity contribution in [3.63, 3.8) is 0 Å². The summed E-state index contributed by atoms with van der Waals surface area (Å²) in [6.07, 6.45) is 32.3. The predicted molar refractivity (Wildman–Crippen MR) is 124 cm³/mol. The van der Waals surface area contributed by atoms with Crippen LogP contribution in [0.4, 0.5) is 0 Å². The summed E-state index contributed by atoms with van der Waals surface area (Å²) in [6, 6.07) is 0. The van der Waals surface area contributed by atoms with E-state index in [1.165, 1.54) is 70.6 Å². The van der Waals surface area contributed by atoms with E-state index in [1.54, 1.807) is 38.5 Å². The lowest BCUT2D eigenvalue weighted by Crippen LogP contribution is -2.25. The number of unbranched alkanes of at least 4 members (excludes halogenated alkanes) is 1. The fraction of sp³-hybridized carbons (Fsp3) is 0.857. The number of rotatable bonds is 9. The van der Waals surface area contributed by atoms with E-state index >= 15 is 0 Å². The van der Waals surface area contributed by atoms with Crippen LogP contribution in [0.25, 0.3) is 0 Å². The zero-order valence-electron chi connectivity index (χ0n) is 18.9. The highest BCUT2D eigenvalue weighted by atomic mass is 14.4. The molecule has 0 spiro atoms. The van der Waals surface area contributed by atoms with Gasteiger partial charge in [0, 0.05) is 0 Å². The van der Waals surface area contributed by atoms with Gasteiger partial charge in [-0.1, -0.05) is 70.1 Å². The van der Waals surface area contributed by atoms with Gasteiger partial charge >= 0.3 is 0 Å². The second-order valence-corrected chi connectivity index (χ2v) is 10.6. The second-order valence-electron chi connectivity index (χ2n) is 10.6. The topological polar surface area (TPSA) is 0 Å². The van der Waals surface area contributed by atoms with Gasteiger partial charge < -0.3 is 0 Å². The zero-order valence-corrected chi connectivity index (χ0v) is 18.9. The molecule has 0 amide bonds. The average Bonchev–Trinajstić information content (AvgIpc) is 2.76. The van der Waals surface area contributed by atoms with Crippen LogP contribution in [0.1, 0.15) is 116 Å². The molecular formula is C28H48. The number of hydrogen-bond donors (Lipinski definition) is 0. The van der Waals surface area contributed by atoms with Gasteiger partial charge in [-0.3, -0.25) is 0 Å². The summed E-state index contributed by atoms with van der Waals surface area (Å²) in [5.41, 5.74) is 0. The fourth-order valence-corrected chi connectivity index (χ4v) is 6.58. The molecule has 3 aliphatic carbocycles. The Morgan fingerprint density at radius 2 is 1.21 bits per heavy atom. The molecule has 0 saturated heterocycles. The average molecular weight is 385 g/mol. The number of allylic oxidation sites excluding steroid dienone is 3. The van der Waals surface area contributed by atoms with Crippen molar-refractivity contribution >= 4 is 0 Å². The molecule has 0 aliphatic heterocycles. The fourth-order valence-electron chi connectivity index (χ4n) is 6.58. The Balaban J connectivity index is 1.26. The molecule has 0 aromatic heterocycles. The molecule has 3 aliphatic rings. The molecule has 0 heteroatoms. The van der Waals surface area contributed by atoms with Crippen LogP contribution in [-0.2, 0) is 0 Å². The first-order chi connectivity index (χ1) is 13.8. The highest BCUT2D eigenvalue weighted by molar-refractivity contribution is 4.94. The van der Waals surface area contributed by atoms with Crippen LogP contribution in [-0.4, -0.2) is 0 Å². The van der Waals surface area contributed by atoms with Crippen LogP contribution in [0.5, 0.6) is 0 Å². The summed E-state index contributed by atoms with van der Waals surface area (Å²) < 4.78 is 0. The van der Waals surface area contributed by atoms with Gasteiger partial charge in [-0.25, -0.2) is 0 Å². The monoisotopic (exact) mass is 384 g/mol. The maximum Gasteiger partial charge on any atom is -0.0233 e. The Morgan fingerprint density at radius 3 is 1.75 bits per heavy atom. The Bertz CT molecular complexity index is 437. The summed E-state index contributed by atoms with van der Waals surface area (Å²) in [5, 5.41) is 0. The van der Waals surface area contributed by atoms with Gasteiger partial charge in [0.25, 0.3) is 0 Å². The second kappa shape index (κ2) is 12.2. The molecular weight excluding hydrogens is 336 g/mol. The highest BCUT2D eigenvalue weighted by Gasteiger charge is 2.30. The molecule has 0 unspecified atom stereocenters. The van der Waals surface area contributed by atoms with Crippen molar-refractivity contribution in [2.24, 2.45) is 35.5 Å². The number of hydrogen-bond acceptors (Lipinski definition) is 0. The zero-order chi connectivity index (χ0) is 19.6. The normalized spacial score (nSPS) is 37.2. The predicted octanol–water partition coefficient (Wildman–Crippen LogP) is 9.12. The molecule has 0 aromatic rings. The lowest BCUT2D eigenvalue weighted by molar-refractivity contribution is 0.141. The van der Waals surface area contributed by atoms with Gasteiger partial charge in [-0.05, 0) is 99.7 Å². The van der Waals surface area contributed by atoms with E-state index in [1.807, 2.05) is 0 Å². The first kappa shape index (κ1) is 22.2. The Labute approximate surface area is 176 Å². The van der Waals surface area contributed by atoms with Gasteiger partial charge in [-0.2, -0.15) is 0 Å². The maximum atomic E-state index is 3.97. The Morgan fingerprint density at radius 1 is 0.679 bits per heavy atom. The van der Waals surface area contributed by atoms with Gasteiger partial charge in [0.05, 0.1) is 0 Å². The molecule has 0 heterocycles. The largest absolute Gasteiger partial charge is 0.103 e. The van der Waals surface area contributed by atoms with Crippen molar-refractivity contribution in [1.29, 1.82) is 0 Å². The van der Waals surface area contributed by atoms with Crippen LogP contribution < -0.4 is 0 Å². The molecule has 3 fully saturated rings. The molecule has 0 nitrogen and oxygen atoms in total. The molecule has 3 rings (SSSR count). The summed E-state index contributed by atoms with van der Waals surface area (Å²) in [7, 11) is 0. The van der Waals surface area contributed by atoms with E-state index in [9.17, 15) is 0 Å². The van der Waals surface area contributed by atoms with Crippen molar-refractivity contribution in [2.45, 2.75) is 116 Å². The van der Waals surface area contributed by atoms with Crippen molar-refractivity contribution < 1.29 is 0 Å². The third-order valence-corrected chi connectivity index (χ3v) is 8.72. The minimum atomic E-state index is 0.797. The van der Waals surface area contributed by atoms with Crippen LogP contribution >= 0.6 is 0 Å². The van der Waals surface area contributed by atoms with Crippen LogP contribution in [0.3, 0.4) is 0 Å². The molecule has 0 N–H and O–H groups in total. The molecule has 0 radical (unpaired) electrons. The molecule has 3 saturated carbocycles. The van der Waals surface area contributed by atoms with Gasteiger partial charge in [0.15, 0.2) is 0 Å². The van der Waals surface area contributed by atoms with E-state index in [-0.39, 0.29) is 0 Å². The standard InChI is InChI=1S/C28H48/c1-3-5-8-24-15-19-27(20-16-24)28-21-17-26(18-22-28)10-7-6-9-25-13-11-23(4-2)12-14-25/h4,6,9,23-28H,2-3,5,7-8,10-22H2,1H3/b9-6+/t23-,24-,25-,26?,27-,28?. The molecule has 28 heavy (non-hydrogen) atoms. The first-order valence-electron chi connectivity index (χ1n) is 13.1. The van der Waals surface area contributed by atoms with Gasteiger partial charge in [0.1, 0.15) is 0 Å². The first-order valence-corrected chi connectivity index (χ1v) is 13.1. The molecule has 0 aromatic carbocycles. The maximum absolute atomic E-state index is 3.97. The van der Waals surface area contributed by atoms with Crippen molar-refractivity contribution in [3.05, 3.63) is 24.8 Å². The van der Waals surface area contributed by atoms with Crippen molar-refractivity contribution in [3.8, 4) is 0 Å². The van der Waals surface area contributed by atoms with Gasteiger partial charge in [0.2, 0.25) is 0 Å². The van der Waals surface area contributed by atoms with Crippen molar-refractivity contribution in [1.82, 2.24) is 0 Å². The smallest absolute Gasteiger partial charge is 0.0233 e. The highest BCUT2D eigenvalue weighted by Crippen LogP contribution is 2.43. The van der Waals surface area contributed by atoms with E-state index in [0.29, 0.717) is 0 Å². The Kier molecular flexibility index (Phi) is 9.69. The third-order valence-electron chi connectivity index (χ3n) is 8.72. The SMILES string of the molecule is C=C[C@H]1CC[C@H](/C=C/CCC2CCC([C@H]3CC[C@H](CCCC)CC3)CC2)CC1. The summed E-state index contributed by atoms with van der Waals surface area (Å²) in [4.78, 5) is 0. The van der Waals surface area contributed by atoms with E-state index in [2.05, 4.69) is 31.7 Å². The lowest BCUT2D eigenvalue weighted by atomic mass is 9.68.